The van der Waals surface area contributed by atoms with Crippen molar-refractivity contribution in [3.63, 3.8) is 0 Å². The summed E-state index contributed by atoms with van der Waals surface area (Å²) < 4.78 is 15.6. The Hall–Kier alpha value is -3.59. The van der Waals surface area contributed by atoms with Crippen LogP contribution < -0.4 is 15.1 Å². The third-order valence-electron chi connectivity index (χ3n) is 3.49. The fourth-order valence-corrected chi connectivity index (χ4v) is 2.30. The molecular formula is C19H13NO5. The van der Waals surface area contributed by atoms with Gasteiger partial charge in [-0.05, 0) is 48.9 Å². The van der Waals surface area contributed by atoms with Crippen LogP contribution >= 0.6 is 0 Å². The zero-order valence-corrected chi connectivity index (χ0v) is 13.3. The highest BCUT2D eigenvalue weighted by Gasteiger charge is 2.09. The van der Waals surface area contributed by atoms with Crippen LogP contribution in [0.3, 0.4) is 0 Å². The van der Waals surface area contributed by atoms with E-state index in [4.69, 9.17) is 19.2 Å². The summed E-state index contributed by atoms with van der Waals surface area (Å²) in [7, 11) is 0. The fraction of sp³-hybridized carbons (Fsp3) is 0.105. The molecule has 0 spiro atoms. The van der Waals surface area contributed by atoms with E-state index < -0.39 is 11.6 Å². The van der Waals surface area contributed by atoms with Gasteiger partial charge in [-0.25, -0.2) is 9.59 Å². The highest BCUT2D eigenvalue weighted by atomic mass is 16.6. The number of carbonyl (C=O) groups excluding carboxylic acids is 1. The van der Waals surface area contributed by atoms with Crippen molar-refractivity contribution in [2.24, 2.45) is 0 Å². The van der Waals surface area contributed by atoms with Gasteiger partial charge in [0.2, 0.25) is 0 Å². The van der Waals surface area contributed by atoms with Crippen molar-refractivity contribution in [3.8, 4) is 17.6 Å². The second-order valence-corrected chi connectivity index (χ2v) is 5.31. The molecule has 0 N–H and O–H groups in total. The summed E-state index contributed by atoms with van der Waals surface area (Å²) in [5, 5.41) is 9.50. The molecule has 0 atom stereocenters. The molecule has 0 amide bonds. The van der Waals surface area contributed by atoms with E-state index in [2.05, 4.69) is 0 Å². The SMILES string of the molecule is Cc1cc(=O)oc2cc(OC(=O)COc3ccc(C#N)cc3)ccc12. The van der Waals surface area contributed by atoms with Crippen LogP contribution in [0.2, 0.25) is 0 Å². The van der Waals surface area contributed by atoms with Gasteiger partial charge in [-0.3, -0.25) is 0 Å². The van der Waals surface area contributed by atoms with Crippen molar-refractivity contribution in [1.82, 2.24) is 0 Å². The maximum Gasteiger partial charge on any atom is 0.349 e. The number of rotatable bonds is 4. The van der Waals surface area contributed by atoms with Gasteiger partial charge in [0.25, 0.3) is 0 Å². The summed E-state index contributed by atoms with van der Waals surface area (Å²) >= 11 is 0. The topological polar surface area (TPSA) is 89.5 Å². The lowest BCUT2D eigenvalue weighted by molar-refractivity contribution is -0.136. The number of ether oxygens (including phenoxy) is 2. The Morgan fingerprint density at radius 1 is 1.12 bits per heavy atom. The van der Waals surface area contributed by atoms with E-state index >= 15 is 0 Å². The van der Waals surface area contributed by atoms with Crippen molar-refractivity contribution in [1.29, 1.82) is 5.26 Å². The first kappa shape index (κ1) is 16.3. The molecule has 0 aliphatic rings. The highest BCUT2D eigenvalue weighted by molar-refractivity contribution is 5.82. The lowest BCUT2D eigenvalue weighted by Gasteiger charge is -2.08. The zero-order valence-electron chi connectivity index (χ0n) is 13.3. The average Bonchev–Trinajstić information content (AvgIpc) is 2.60. The van der Waals surface area contributed by atoms with Crippen molar-refractivity contribution >= 4 is 16.9 Å². The zero-order chi connectivity index (χ0) is 17.8. The normalized spacial score (nSPS) is 10.2. The van der Waals surface area contributed by atoms with Crippen LogP contribution in [-0.2, 0) is 4.79 Å². The minimum Gasteiger partial charge on any atom is -0.482 e. The van der Waals surface area contributed by atoms with Gasteiger partial charge in [0.1, 0.15) is 17.1 Å². The first-order chi connectivity index (χ1) is 12.0. The average molecular weight is 335 g/mol. The number of hydrogen-bond acceptors (Lipinski definition) is 6. The quantitative estimate of drug-likeness (QED) is 0.414. The number of nitrogens with zero attached hydrogens (tertiary/aromatic N) is 1. The number of nitriles is 1. The van der Waals surface area contributed by atoms with E-state index in [0.29, 0.717) is 16.9 Å². The Morgan fingerprint density at radius 3 is 2.56 bits per heavy atom. The number of esters is 1. The molecule has 2 aromatic carbocycles. The highest BCUT2D eigenvalue weighted by Crippen LogP contribution is 2.22. The standard InChI is InChI=1S/C19H13NO5/c1-12-8-18(21)25-17-9-15(6-7-16(12)17)24-19(22)11-23-14-4-2-13(10-20)3-5-14/h2-9H,11H2,1H3. The third kappa shape index (κ3) is 3.85. The Labute approximate surface area is 142 Å². The molecule has 0 radical (unpaired) electrons. The molecule has 0 fully saturated rings. The van der Waals surface area contributed by atoms with E-state index in [1.165, 1.54) is 12.1 Å². The van der Waals surface area contributed by atoms with Crippen LogP contribution in [0.4, 0.5) is 0 Å². The van der Waals surface area contributed by atoms with Gasteiger partial charge in [0, 0.05) is 17.5 Å². The largest absolute Gasteiger partial charge is 0.482 e. The molecule has 3 rings (SSSR count). The summed E-state index contributed by atoms with van der Waals surface area (Å²) in [6.07, 6.45) is 0. The second kappa shape index (κ2) is 6.89. The van der Waals surface area contributed by atoms with Gasteiger partial charge in [0.15, 0.2) is 6.61 Å². The number of benzene rings is 2. The predicted octanol–water partition coefficient (Wildman–Crippen LogP) is 2.96. The van der Waals surface area contributed by atoms with Gasteiger partial charge >= 0.3 is 11.6 Å². The second-order valence-electron chi connectivity index (χ2n) is 5.31. The Kier molecular flexibility index (Phi) is 4.48. The van der Waals surface area contributed by atoms with Gasteiger partial charge < -0.3 is 13.9 Å². The molecule has 0 aliphatic heterocycles. The van der Waals surface area contributed by atoms with E-state index in [0.717, 1.165) is 10.9 Å². The molecule has 1 aromatic heterocycles. The fourth-order valence-electron chi connectivity index (χ4n) is 2.30. The monoisotopic (exact) mass is 335 g/mol. The molecular weight excluding hydrogens is 322 g/mol. The molecule has 124 valence electrons. The lowest BCUT2D eigenvalue weighted by Crippen LogP contribution is -2.17. The number of carbonyl (C=O) groups is 1. The lowest BCUT2D eigenvalue weighted by atomic mass is 10.1. The van der Waals surface area contributed by atoms with E-state index in [9.17, 15) is 9.59 Å². The van der Waals surface area contributed by atoms with E-state index in [-0.39, 0.29) is 12.4 Å². The Bertz CT molecular complexity index is 1030. The molecule has 6 heteroatoms. The molecule has 0 bridgehead atoms. The minimum absolute atomic E-state index is 0.259. The van der Waals surface area contributed by atoms with E-state index in [1.807, 2.05) is 6.07 Å². The van der Waals surface area contributed by atoms with Gasteiger partial charge in [-0.1, -0.05) is 0 Å². The summed E-state index contributed by atoms with van der Waals surface area (Å²) in [6, 6.07) is 14.6. The maximum absolute atomic E-state index is 11.9. The van der Waals surface area contributed by atoms with Gasteiger partial charge in [-0.15, -0.1) is 0 Å². The van der Waals surface area contributed by atoms with Crippen LogP contribution in [0.25, 0.3) is 11.0 Å². The molecule has 0 unspecified atom stereocenters. The Balaban J connectivity index is 1.67. The number of aryl methyl sites for hydroxylation is 1. The molecule has 6 nitrogen and oxygen atoms in total. The smallest absolute Gasteiger partial charge is 0.349 e. The van der Waals surface area contributed by atoms with Gasteiger partial charge in [-0.2, -0.15) is 5.26 Å². The number of fused-ring (bicyclic) bond motifs is 1. The van der Waals surface area contributed by atoms with Crippen molar-refractivity contribution in [3.05, 3.63) is 70.1 Å². The molecule has 0 saturated carbocycles. The van der Waals surface area contributed by atoms with Crippen molar-refractivity contribution in [2.75, 3.05) is 6.61 Å². The molecule has 1 heterocycles. The molecule has 0 saturated heterocycles. The van der Waals surface area contributed by atoms with Gasteiger partial charge in [0.05, 0.1) is 11.6 Å². The first-order valence-corrected chi connectivity index (χ1v) is 7.43. The summed E-state index contributed by atoms with van der Waals surface area (Å²) in [6.45, 7) is 1.51. The van der Waals surface area contributed by atoms with Crippen LogP contribution in [0.1, 0.15) is 11.1 Å². The van der Waals surface area contributed by atoms with Crippen LogP contribution in [0.5, 0.6) is 11.5 Å². The summed E-state index contributed by atoms with van der Waals surface area (Å²) in [5.74, 6) is 0.115. The third-order valence-corrected chi connectivity index (χ3v) is 3.49. The minimum atomic E-state index is -0.598. The summed E-state index contributed by atoms with van der Waals surface area (Å²) in [4.78, 5) is 23.3. The maximum atomic E-state index is 11.9. The molecule has 3 aromatic rings. The van der Waals surface area contributed by atoms with E-state index in [1.54, 1.807) is 43.3 Å². The van der Waals surface area contributed by atoms with Crippen LogP contribution in [-0.4, -0.2) is 12.6 Å². The van der Waals surface area contributed by atoms with Crippen molar-refractivity contribution < 1.29 is 18.7 Å². The molecule has 25 heavy (non-hydrogen) atoms. The predicted molar refractivity (Wildman–Crippen MR) is 89.5 cm³/mol. The summed E-state index contributed by atoms with van der Waals surface area (Å²) in [5.41, 5.74) is 1.18. The first-order valence-electron chi connectivity index (χ1n) is 7.43. The Morgan fingerprint density at radius 2 is 1.84 bits per heavy atom. The van der Waals surface area contributed by atoms with Crippen LogP contribution in [0.15, 0.2) is 57.7 Å². The van der Waals surface area contributed by atoms with Crippen LogP contribution in [0, 0.1) is 18.3 Å². The van der Waals surface area contributed by atoms with Crippen molar-refractivity contribution in [2.45, 2.75) is 6.92 Å². The molecule has 0 aliphatic carbocycles. The number of hydrogen-bond donors (Lipinski definition) is 0.